The molecule has 0 aromatic heterocycles. The number of urea groups is 1. The van der Waals surface area contributed by atoms with Gasteiger partial charge in [0.2, 0.25) is 0 Å². The van der Waals surface area contributed by atoms with E-state index in [0.717, 1.165) is 18.2 Å². The van der Waals surface area contributed by atoms with Crippen LogP contribution in [0.5, 0.6) is 11.5 Å². The number of ether oxygens (including phenoxy) is 3. The van der Waals surface area contributed by atoms with Crippen molar-refractivity contribution in [3.05, 3.63) is 53.6 Å². The van der Waals surface area contributed by atoms with Crippen molar-refractivity contribution in [2.75, 3.05) is 25.1 Å². The Bertz CT molecular complexity index is 978. The van der Waals surface area contributed by atoms with E-state index in [1.165, 1.54) is 12.1 Å². The first-order valence-electron chi connectivity index (χ1n) is 9.48. The van der Waals surface area contributed by atoms with Gasteiger partial charge in [-0.1, -0.05) is 6.07 Å². The summed E-state index contributed by atoms with van der Waals surface area (Å²) in [7, 11) is 0. The molecule has 3 amide bonds. The zero-order valence-electron chi connectivity index (χ0n) is 17.2. The highest BCUT2D eigenvalue weighted by Crippen LogP contribution is 2.31. The highest BCUT2D eigenvalue weighted by Gasteiger charge is 2.31. The lowest BCUT2D eigenvalue weighted by atomic mass is 10.1. The molecule has 2 aromatic rings. The van der Waals surface area contributed by atoms with E-state index in [-0.39, 0.29) is 5.56 Å². The Morgan fingerprint density at radius 1 is 0.938 bits per heavy atom. The lowest BCUT2D eigenvalue weighted by Crippen LogP contribution is -2.37. The minimum Gasteiger partial charge on any atom is -0.490 e. The Morgan fingerprint density at radius 2 is 1.62 bits per heavy atom. The van der Waals surface area contributed by atoms with Gasteiger partial charge in [-0.25, -0.2) is 9.59 Å². The first-order valence-corrected chi connectivity index (χ1v) is 9.48. The van der Waals surface area contributed by atoms with Crippen molar-refractivity contribution in [3.63, 3.8) is 0 Å². The number of esters is 1. The summed E-state index contributed by atoms with van der Waals surface area (Å²) >= 11 is 0. The molecule has 2 rings (SSSR count). The predicted molar refractivity (Wildman–Crippen MR) is 108 cm³/mol. The molecule has 0 aliphatic rings. The first kappa shape index (κ1) is 24.5. The fourth-order valence-electron chi connectivity index (χ4n) is 2.49. The van der Waals surface area contributed by atoms with E-state index in [9.17, 15) is 27.6 Å². The van der Waals surface area contributed by atoms with Crippen LogP contribution in [0.25, 0.3) is 0 Å². The highest BCUT2D eigenvalue weighted by molar-refractivity contribution is 6.02. The number of benzene rings is 2. The molecule has 0 radical (unpaired) electrons. The summed E-state index contributed by atoms with van der Waals surface area (Å²) in [5.74, 6) is -1.23. The highest BCUT2D eigenvalue weighted by atomic mass is 19.4. The van der Waals surface area contributed by atoms with Gasteiger partial charge in [-0.3, -0.25) is 10.1 Å². The quantitative estimate of drug-likeness (QED) is 0.585. The summed E-state index contributed by atoms with van der Waals surface area (Å²) in [6, 6.07) is 7.28. The van der Waals surface area contributed by atoms with Crippen LogP contribution >= 0.6 is 0 Å². The topological polar surface area (TPSA) is 103 Å². The van der Waals surface area contributed by atoms with Gasteiger partial charge in [-0.15, -0.1) is 0 Å². The summed E-state index contributed by atoms with van der Waals surface area (Å²) in [6.45, 7) is 3.51. The number of imide groups is 1. The first-order chi connectivity index (χ1) is 15.1. The summed E-state index contributed by atoms with van der Waals surface area (Å²) in [5, 5.41) is 4.36. The van der Waals surface area contributed by atoms with Gasteiger partial charge in [0, 0.05) is 11.8 Å². The molecule has 0 spiro atoms. The molecular weight excluding hydrogens is 433 g/mol. The monoisotopic (exact) mass is 454 g/mol. The number of anilines is 1. The molecule has 0 fully saturated rings. The third kappa shape index (κ3) is 7.18. The van der Waals surface area contributed by atoms with Crippen LogP contribution in [0.1, 0.15) is 29.8 Å². The van der Waals surface area contributed by atoms with Gasteiger partial charge in [-0.05, 0) is 44.2 Å². The Labute approximate surface area is 181 Å². The van der Waals surface area contributed by atoms with E-state index in [4.69, 9.17) is 9.47 Å². The molecule has 0 aliphatic heterocycles. The maximum Gasteiger partial charge on any atom is 0.416 e. The number of amides is 3. The van der Waals surface area contributed by atoms with Crippen molar-refractivity contribution in [2.24, 2.45) is 0 Å². The largest absolute Gasteiger partial charge is 0.490 e. The third-order valence-electron chi connectivity index (χ3n) is 3.81. The summed E-state index contributed by atoms with van der Waals surface area (Å²) in [5.41, 5.74) is -1.10. The van der Waals surface area contributed by atoms with Crippen LogP contribution in [0.4, 0.5) is 23.7 Å². The predicted octanol–water partition coefficient (Wildman–Crippen LogP) is 4.01. The van der Waals surface area contributed by atoms with Crippen LogP contribution in [0.3, 0.4) is 0 Å². The molecule has 2 N–H and O–H groups in total. The molecule has 8 nitrogen and oxygen atoms in total. The second kappa shape index (κ2) is 11.0. The fourth-order valence-corrected chi connectivity index (χ4v) is 2.49. The lowest BCUT2D eigenvalue weighted by molar-refractivity contribution is -0.137. The van der Waals surface area contributed by atoms with E-state index in [1.807, 2.05) is 5.32 Å². The minimum absolute atomic E-state index is 0.308. The van der Waals surface area contributed by atoms with E-state index >= 15 is 0 Å². The van der Waals surface area contributed by atoms with Crippen molar-refractivity contribution in [3.8, 4) is 11.5 Å². The molecule has 32 heavy (non-hydrogen) atoms. The Hall–Kier alpha value is -3.76. The molecule has 0 heterocycles. The van der Waals surface area contributed by atoms with Crippen LogP contribution < -0.4 is 20.1 Å². The SMILES string of the molecule is CCOc1ccc(NC(=O)NC(=O)COC(=O)c2cccc(C(F)(F)F)c2)cc1OCC. The van der Waals surface area contributed by atoms with E-state index < -0.39 is 36.3 Å². The van der Waals surface area contributed by atoms with Gasteiger partial charge in [0.15, 0.2) is 18.1 Å². The number of hydrogen-bond acceptors (Lipinski definition) is 6. The lowest BCUT2D eigenvalue weighted by Gasteiger charge is -2.13. The number of rotatable bonds is 8. The van der Waals surface area contributed by atoms with Crippen LogP contribution in [-0.4, -0.2) is 37.7 Å². The van der Waals surface area contributed by atoms with Gasteiger partial charge in [0.25, 0.3) is 5.91 Å². The maximum atomic E-state index is 12.7. The van der Waals surface area contributed by atoms with Gasteiger partial charge < -0.3 is 19.5 Å². The molecule has 2 aromatic carbocycles. The van der Waals surface area contributed by atoms with Crippen molar-refractivity contribution in [1.82, 2.24) is 5.32 Å². The number of halogens is 3. The van der Waals surface area contributed by atoms with Crippen molar-refractivity contribution in [1.29, 1.82) is 0 Å². The molecule has 0 saturated heterocycles. The zero-order chi connectivity index (χ0) is 23.7. The normalized spacial score (nSPS) is 10.8. The van der Waals surface area contributed by atoms with Crippen LogP contribution in [0.15, 0.2) is 42.5 Å². The van der Waals surface area contributed by atoms with Crippen molar-refractivity contribution >= 4 is 23.6 Å². The minimum atomic E-state index is -4.63. The van der Waals surface area contributed by atoms with Crippen LogP contribution in [-0.2, 0) is 15.7 Å². The number of carbonyl (C=O) groups excluding carboxylic acids is 3. The average molecular weight is 454 g/mol. The molecule has 0 unspecified atom stereocenters. The smallest absolute Gasteiger partial charge is 0.416 e. The van der Waals surface area contributed by atoms with Crippen LogP contribution in [0.2, 0.25) is 0 Å². The molecule has 172 valence electrons. The van der Waals surface area contributed by atoms with Crippen LogP contribution in [0, 0.1) is 0 Å². The molecular formula is C21H21F3N2O6. The Morgan fingerprint density at radius 3 is 2.28 bits per heavy atom. The molecule has 0 aliphatic carbocycles. The number of nitrogens with one attached hydrogen (secondary N) is 2. The molecule has 0 bridgehead atoms. The summed E-state index contributed by atoms with van der Waals surface area (Å²) in [6.07, 6.45) is -4.63. The van der Waals surface area contributed by atoms with E-state index in [0.29, 0.717) is 36.5 Å². The number of carbonyl (C=O) groups is 3. The standard InChI is InChI=1S/C21H21F3N2O6/c1-3-30-16-9-8-15(11-17(16)31-4-2)25-20(29)26-18(27)12-32-19(28)13-6-5-7-14(10-13)21(22,23)24/h5-11H,3-4,12H2,1-2H3,(H2,25,26,27,29). The maximum absolute atomic E-state index is 12.7. The third-order valence-corrected chi connectivity index (χ3v) is 3.81. The van der Waals surface area contributed by atoms with Gasteiger partial charge in [0.05, 0.1) is 24.3 Å². The zero-order valence-corrected chi connectivity index (χ0v) is 17.2. The van der Waals surface area contributed by atoms with Gasteiger partial charge in [0.1, 0.15) is 0 Å². The summed E-state index contributed by atoms with van der Waals surface area (Å²) < 4.78 is 53.7. The molecule has 0 atom stereocenters. The Kier molecular flexibility index (Phi) is 8.45. The second-order valence-corrected chi connectivity index (χ2v) is 6.18. The van der Waals surface area contributed by atoms with Gasteiger partial charge in [-0.2, -0.15) is 13.2 Å². The molecule has 11 heteroatoms. The average Bonchev–Trinajstić information content (AvgIpc) is 2.73. The van der Waals surface area contributed by atoms with Crippen molar-refractivity contribution < 1.29 is 41.8 Å². The van der Waals surface area contributed by atoms with E-state index in [1.54, 1.807) is 19.9 Å². The summed E-state index contributed by atoms with van der Waals surface area (Å²) in [4.78, 5) is 35.7. The Balaban J connectivity index is 1.90. The van der Waals surface area contributed by atoms with Crippen molar-refractivity contribution in [2.45, 2.75) is 20.0 Å². The fraction of sp³-hybridized carbons (Fsp3) is 0.286. The second-order valence-electron chi connectivity index (χ2n) is 6.18. The molecule has 0 saturated carbocycles. The number of alkyl halides is 3. The van der Waals surface area contributed by atoms with E-state index in [2.05, 4.69) is 10.1 Å². The van der Waals surface area contributed by atoms with Gasteiger partial charge >= 0.3 is 18.2 Å². The number of hydrogen-bond donors (Lipinski definition) is 2.